The minimum absolute atomic E-state index is 0.0925. The predicted molar refractivity (Wildman–Crippen MR) is 114 cm³/mol. The van der Waals surface area contributed by atoms with Crippen LogP contribution in [-0.4, -0.2) is 29.2 Å². The number of carbonyl (C=O) groups excluding carboxylic acids is 2. The van der Waals surface area contributed by atoms with Gasteiger partial charge in [-0.15, -0.1) is 11.8 Å². The summed E-state index contributed by atoms with van der Waals surface area (Å²) in [5, 5.41) is 0. The number of fused-ring (bicyclic) bond motifs is 1. The molecule has 1 amide bonds. The molecule has 0 aliphatic carbocycles. The van der Waals surface area contributed by atoms with Crippen molar-refractivity contribution < 1.29 is 19.1 Å². The third-order valence-electron chi connectivity index (χ3n) is 4.53. The highest BCUT2D eigenvalue weighted by atomic mass is 32.2. The van der Waals surface area contributed by atoms with E-state index in [1.165, 1.54) is 16.7 Å². The standard InChI is InChI=1S/C23H20N2O4S/c26-22-16-30-21-7-2-1-6-20(21)25(22)13-23(27)29-14-17-8-10-19(11-9-17)28-15-18-5-3-4-12-24-18/h1-12H,13-16H2. The van der Waals surface area contributed by atoms with Gasteiger partial charge in [-0.3, -0.25) is 19.5 Å². The van der Waals surface area contributed by atoms with E-state index in [1.54, 1.807) is 6.20 Å². The van der Waals surface area contributed by atoms with Crippen molar-refractivity contribution in [2.24, 2.45) is 0 Å². The van der Waals surface area contributed by atoms with Crippen molar-refractivity contribution in [2.45, 2.75) is 18.1 Å². The lowest BCUT2D eigenvalue weighted by molar-refractivity contribution is -0.144. The van der Waals surface area contributed by atoms with Crippen molar-refractivity contribution in [1.82, 2.24) is 4.98 Å². The zero-order valence-electron chi connectivity index (χ0n) is 16.2. The van der Waals surface area contributed by atoms with Gasteiger partial charge in [0.05, 0.1) is 17.1 Å². The molecule has 152 valence electrons. The lowest BCUT2D eigenvalue weighted by atomic mass is 10.2. The zero-order chi connectivity index (χ0) is 20.8. The van der Waals surface area contributed by atoms with Crippen LogP contribution in [-0.2, 0) is 27.5 Å². The number of anilines is 1. The fourth-order valence-electron chi connectivity index (χ4n) is 2.99. The second-order valence-corrected chi connectivity index (χ2v) is 7.67. The average molecular weight is 420 g/mol. The van der Waals surface area contributed by atoms with Crippen molar-refractivity contribution in [3.8, 4) is 5.75 Å². The van der Waals surface area contributed by atoms with Crippen molar-refractivity contribution in [3.05, 3.63) is 84.2 Å². The normalized spacial score (nSPS) is 12.9. The minimum Gasteiger partial charge on any atom is -0.487 e. The number of para-hydroxylation sites is 1. The molecule has 0 fully saturated rings. The summed E-state index contributed by atoms with van der Waals surface area (Å²) < 4.78 is 11.1. The molecule has 0 N–H and O–H groups in total. The Labute approximate surface area is 178 Å². The lowest BCUT2D eigenvalue weighted by Gasteiger charge is -2.27. The molecule has 3 aromatic rings. The van der Waals surface area contributed by atoms with Crippen molar-refractivity contribution in [2.75, 3.05) is 17.2 Å². The maximum Gasteiger partial charge on any atom is 0.326 e. The summed E-state index contributed by atoms with van der Waals surface area (Å²) in [6.45, 7) is 0.429. The maximum atomic E-state index is 12.3. The highest BCUT2D eigenvalue weighted by Gasteiger charge is 2.26. The Bertz CT molecular complexity index is 1020. The molecule has 0 saturated heterocycles. The summed E-state index contributed by atoms with van der Waals surface area (Å²) in [5.74, 6) is 0.499. The molecule has 0 spiro atoms. The topological polar surface area (TPSA) is 68.7 Å². The molecule has 2 aromatic carbocycles. The SMILES string of the molecule is O=C(CN1C(=O)CSc2ccccc21)OCc1ccc(OCc2ccccn2)cc1. The van der Waals surface area contributed by atoms with Crippen LogP contribution >= 0.6 is 11.8 Å². The number of ether oxygens (including phenoxy) is 2. The van der Waals surface area contributed by atoms with Gasteiger partial charge >= 0.3 is 5.97 Å². The van der Waals surface area contributed by atoms with E-state index in [2.05, 4.69) is 4.98 Å². The molecule has 0 bridgehead atoms. The van der Waals surface area contributed by atoms with Gasteiger partial charge in [-0.2, -0.15) is 0 Å². The zero-order valence-corrected chi connectivity index (χ0v) is 17.0. The third-order valence-corrected chi connectivity index (χ3v) is 5.58. The Morgan fingerprint density at radius 3 is 2.60 bits per heavy atom. The monoisotopic (exact) mass is 420 g/mol. The van der Waals surface area contributed by atoms with Crippen LogP contribution in [0.3, 0.4) is 0 Å². The molecule has 1 aliphatic heterocycles. The predicted octanol–water partition coefficient (Wildman–Crippen LogP) is 3.84. The van der Waals surface area contributed by atoms with Crippen LogP contribution in [0.5, 0.6) is 5.75 Å². The van der Waals surface area contributed by atoms with Crippen LogP contribution in [0.4, 0.5) is 5.69 Å². The van der Waals surface area contributed by atoms with E-state index >= 15 is 0 Å². The fourth-order valence-corrected chi connectivity index (χ4v) is 3.92. The molecule has 0 radical (unpaired) electrons. The molecule has 2 heterocycles. The Morgan fingerprint density at radius 1 is 1.00 bits per heavy atom. The first-order chi connectivity index (χ1) is 14.7. The van der Waals surface area contributed by atoms with Gasteiger partial charge in [-0.1, -0.05) is 30.3 Å². The second-order valence-electron chi connectivity index (χ2n) is 6.65. The van der Waals surface area contributed by atoms with E-state index < -0.39 is 5.97 Å². The Balaban J connectivity index is 1.28. The van der Waals surface area contributed by atoms with E-state index in [9.17, 15) is 9.59 Å². The van der Waals surface area contributed by atoms with E-state index in [1.807, 2.05) is 66.7 Å². The number of pyridine rings is 1. The molecule has 6 nitrogen and oxygen atoms in total. The van der Waals surface area contributed by atoms with Crippen LogP contribution in [0.15, 0.2) is 77.8 Å². The van der Waals surface area contributed by atoms with Gasteiger partial charge in [0, 0.05) is 11.1 Å². The van der Waals surface area contributed by atoms with Crippen LogP contribution in [0.25, 0.3) is 0 Å². The Hall–Kier alpha value is -3.32. The van der Waals surface area contributed by atoms with Crippen LogP contribution in [0, 0.1) is 0 Å². The largest absolute Gasteiger partial charge is 0.487 e. The van der Waals surface area contributed by atoms with E-state index in [0.717, 1.165) is 21.8 Å². The highest BCUT2D eigenvalue weighted by molar-refractivity contribution is 8.00. The molecule has 0 saturated carbocycles. The number of aromatic nitrogens is 1. The third kappa shape index (κ3) is 4.99. The number of rotatable bonds is 7. The Kier molecular flexibility index (Phi) is 6.29. The number of thioether (sulfide) groups is 1. The summed E-state index contributed by atoms with van der Waals surface area (Å²) in [6.07, 6.45) is 1.73. The number of amides is 1. The molecule has 7 heteroatoms. The van der Waals surface area contributed by atoms with Gasteiger partial charge in [0.1, 0.15) is 25.5 Å². The lowest BCUT2D eigenvalue weighted by Crippen LogP contribution is -2.39. The summed E-state index contributed by atoms with van der Waals surface area (Å²) >= 11 is 1.48. The van der Waals surface area contributed by atoms with Crippen molar-refractivity contribution in [3.63, 3.8) is 0 Å². The Morgan fingerprint density at radius 2 is 1.80 bits per heavy atom. The number of hydrogen-bond acceptors (Lipinski definition) is 6. The summed E-state index contributed by atoms with van der Waals surface area (Å²) in [6, 6.07) is 20.6. The first-order valence-corrected chi connectivity index (χ1v) is 10.5. The number of nitrogens with zero attached hydrogens (tertiary/aromatic N) is 2. The van der Waals surface area contributed by atoms with Crippen molar-refractivity contribution >= 4 is 29.3 Å². The van der Waals surface area contributed by atoms with Crippen LogP contribution < -0.4 is 9.64 Å². The minimum atomic E-state index is -0.444. The van der Waals surface area contributed by atoms with Crippen LogP contribution in [0.1, 0.15) is 11.3 Å². The van der Waals surface area contributed by atoms with Gasteiger partial charge in [-0.25, -0.2) is 0 Å². The van der Waals surface area contributed by atoms with Gasteiger partial charge in [0.15, 0.2) is 0 Å². The summed E-state index contributed by atoms with van der Waals surface area (Å²) in [7, 11) is 0. The molecule has 0 unspecified atom stereocenters. The molecular weight excluding hydrogens is 400 g/mol. The van der Waals surface area contributed by atoms with Crippen LogP contribution in [0.2, 0.25) is 0 Å². The number of benzene rings is 2. The highest BCUT2D eigenvalue weighted by Crippen LogP contribution is 2.34. The van der Waals surface area contributed by atoms with E-state index in [-0.39, 0.29) is 19.1 Å². The number of esters is 1. The quantitative estimate of drug-likeness (QED) is 0.541. The molecule has 4 rings (SSSR count). The van der Waals surface area contributed by atoms with Gasteiger partial charge in [-0.05, 0) is 42.0 Å². The number of hydrogen-bond donors (Lipinski definition) is 0. The first kappa shape index (κ1) is 20.0. The van der Waals surface area contributed by atoms with Crippen molar-refractivity contribution in [1.29, 1.82) is 0 Å². The van der Waals surface area contributed by atoms with Gasteiger partial charge < -0.3 is 9.47 Å². The molecular formula is C23H20N2O4S. The van der Waals surface area contributed by atoms with E-state index in [4.69, 9.17) is 9.47 Å². The molecule has 0 atom stereocenters. The van der Waals surface area contributed by atoms with Gasteiger partial charge in [0.2, 0.25) is 5.91 Å². The first-order valence-electron chi connectivity index (χ1n) is 9.48. The second kappa shape index (κ2) is 9.45. The summed E-state index contributed by atoms with van der Waals surface area (Å²) in [4.78, 5) is 31.3. The average Bonchev–Trinajstić information content (AvgIpc) is 2.79. The molecule has 1 aromatic heterocycles. The maximum absolute atomic E-state index is 12.3. The summed E-state index contributed by atoms with van der Waals surface area (Å²) in [5.41, 5.74) is 2.45. The molecule has 30 heavy (non-hydrogen) atoms. The smallest absolute Gasteiger partial charge is 0.326 e. The fraction of sp³-hybridized carbons (Fsp3) is 0.174. The number of carbonyl (C=O) groups is 2. The van der Waals surface area contributed by atoms with Gasteiger partial charge in [0.25, 0.3) is 0 Å². The van der Waals surface area contributed by atoms with E-state index in [0.29, 0.717) is 18.1 Å². The molecule has 1 aliphatic rings.